The molecule has 2 aromatic rings. The van der Waals surface area contributed by atoms with Gasteiger partial charge in [-0.2, -0.15) is 0 Å². The minimum Gasteiger partial charge on any atom is -0.494 e. The van der Waals surface area contributed by atoms with Gasteiger partial charge in [-0.1, -0.05) is 11.8 Å². The van der Waals surface area contributed by atoms with Crippen LogP contribution < -0.4 is 10.5 Å². The van der Waals surface area contributed by atoms with Gasteiger partial charge in [0, 0.05) is 28.2 Å². The van der Waals surface area contributed by atoms with E-state index >= 15 is 0 Å². The van der Waals surface area contributed by atoms with Crippen molar-refractivity contribution in [3.8, 4) is 5.75 Å². The van der Waals surface area contributed by atoms with E-state index in [1.807, 2.05) is 5.38 Å². The summed E-state index contributed by atoms with van der Waals surface area (Å²) in [6.07, 6.45) is 1.71. The zero-order valence-electron chi connectivity index (χ0n) is 8.44. The maximum atomic E-state index is 13.3. The molecule has 1 heterocycles. The Labute approximate surface area is 100 Å². The van der Waals surface area contributed by atoms with E-state index in [0.717, 1.165) is 9.24 Å². The van der Waals surface area contributed by atoms with Crippen molar-refractivity contribution in [3.05, 3.63) is 29.5 Å². The molecule has 0 fully saturated rings. The Balaban J connectivity index is 2.33. The first-order valence-corrected chi connectivity index (χ1v) is 6.10. The van der Waals surface area contributed by atoms with Gasteiger partial charge >= 0.3 is 0 Å². The molecule has 0 spiro atoms. The van der Waals surface area contributed by atoms with E-state index < -0.39 is 5.82 Å². The van der Waals surface area contributed by atoms with Gasteiger partial charge in [-0.3, -0.25) is 0 Å². The summed E-state index contributed by atoms with van der Waals surface area (Å²) in [5.41, 5.74) is 6.11. The fourth-order valence-corrected chi connectivity index (χ4v) is 2.78. The number of methoxy groups -OCH3 is 1. The Hall–Kier alpha value is -1.27. The van der Waals surface area contributed by atoms with E-state index in [-0.39, 0.29) is 5.75 Å². The number of aromatic nitrogens is 1. The second-order valence-electron chi connectivity index (χ2n) is 2.92. The molecule has 0 saturated heterocycles. The van der Waals surface area contributed by atoms with Crippen molar-refractivity contribution in [3.63, 3.8) is 0 Å². The maximum absolute atomic E-state index is 13.3. The lowest BCUT2D eigenvalue weighted by molar-refractivity contribution is 0.385. The lowest BCUT2D eigenvalue weighted by Crippen LogP contribution is -1.94. The van der Waals surface area contributed by atoms with E-state index in [1.54, 1.807) is 12.3 Å². The van der Waals surface area contributed by atoms with Gasteiger partial charge in [-0.05, 0) is 6.07 Å². The van der Waals surface area contributed by atoms with Crippen molar-refractivity contribution in [2.24, 2.45) is 0 Å². The number of rotatable bonds is 3. The van der Waals surface area contributed by atoms with Gasteiger partial charge in [0.1, 0.15) is 0 Å². The maximum Gasteiger partial charge on any atom is 0.167 e. The highest BCUT2D eigenvalue weighted by Gasteiger charge is 2.10. The van der Waals surface area contributed by atoms with Gasteiger partial charge in [-0.25, -0.2) is 9.37 Å². The third kappa shape index (κ3) is 2.28. The first kappa shape index (κ1) is 11.2. The predicted molar refractivity (Wildman–Crippen MR) is 63.6 cm³/mol. The van der Waals surface area contributed by atoms with Gasteiger partial charge < -0.3 is 10.5 Å². The van der Waals surface area contributed by atoms with Crippen LogP contribution in [0.4, 0.5) is 10.1 Å². The highest BCUT2D eigenvalue weighted by molar-refractivity contribution is 8.01. The smallest absolute Gasteiger partial charge is 0.167 e. The number of hydrogen-bond acceptors (Lipinski definition) is 5. The number of anilines is 1. The lowest BCUT2D eigenvalue weighted by Gasteiger charge is -2.07. The van der Waals surface area contributed by atoms with E-state index in [2.05, 4.69) is 4.98 Å². The molecule has 2 rings (SSSR count). The van der Waals surface area contributed by atoms with Crippen LogP contribution in [-0.4, -0.2) is 12.1 Å². The van der Waals surface area contributed by atoms with Gasteiger partial charge in [0.15, 0.2) is 15.9 Å². The zero-order valence-corrected chi connectivity index (χ0v) is 10.1. The van der Waals surface area contributed by atoms with Crippen LogP contribution in [-0.2, 0) is 0 Å². The van der Waals surface area contributed by atoms with Crippen molar-refractivity contribution in [1.82, 2.24) is 4.98 Å². The van der Waals surface area contributed by atoms with E-state index in [1.165, 1.54) is 36.3 Å². The normalized spacial score (nSPS) is 10.4. The number of nitrogen functional groups attached to an aromatic ring is 1. The van der Waals surface area contributed by atoms with Crippen LogP contribution in [0.3, 0.4) is 0 Å². The number of benzene rings is 1. The minimum atomic E-state index is -0.455. The molecule has 0 amide bonds. The third-order valence-electron chi connectivity index (χ3n) is 1.89. The molecular formula is C10H9FN2OS2. The highest BCUT2D eigenvalue weighted by atomic mass is 32.2. The molecule has 0 radical (unpaired) electrons. The minimum absolute atomic E-state index is 0.188. The van der Waals surface area contributed by atoms with Crippen LogP contribution in [0.2, 0.25) is 0 Å². The molecule has 0 aliphatic heterocycles. The lowest BCUT2D eigenvalue weighted by atomic mass is 10.3. The molecule has 1 aromatic carbocycles. The standard InChI is InChI=1S/C10H9FN2OS2/c1-14-8-5-9(7(12)4-6(8)11)16-10-13-2-3-15-10/h2-5H,12H2,1H3. The van der Waals surface area contributed by atoms with Gasteiger partial charge in [0.05, 0.1) is 7.11 Å². The summed E-state index contributed by atoms with van der Waals surface area (Å²) in [7, 11) is 1.42. The van der Waals surface area contributed by atoms with Crippen LogP contribution in [0.1, 0.15) is 0 Å². The predicted octanol–water partition coefficient (Wildman–Crippen LogP) is 3.02. The molecule has 0 bridgehead atoms. The Kier molecular flexibility index (Phi) is 3.31. The number of nitrogens with two attached hydrogens (primary N) is 1. The number of ether oxygens (including phenoxy) is 1. The monoisotopic (exact) mass is 256 g/mol. The Morgan fingerprint density at radius 1 is 1.50 bits per heavy atom. The summed E-state index contributed by atoms with van der Waals surface area (Å²) < 4.78 is 19.0. The average molecular weight is 256 g/mol. The summed E-state index contributed by atoms with van der Waals surface area (Å²) in [6.45, 7) is 0. The second kappa shape index (κ2) is 4.71. The van der Waals surface area contributed by atoms with Crippen molar-refractivity contribution in [1.29, 1.82) is 0 Å². The first-order valence-electron chi connectivity index (χ1n) is 4.41. The van der Waals surface area contributed by atoms with Gasteiger partial charge in [-0.15, -0.1) is 11.3 Å². The van der Waals surface area contributed by atoms with Crippen molar-refractivity contribution < 1.29 is 9.13 Å². The Morgan fingerprint density at radius 3 is 2.94 bits per heavy atom. The topological polar surface area (TPSA) is 48.1 Å². The van der Waals surface area contributed by atoms with Crippen LogP contribution in [0.25, 0.3) is 0 Å². The fraction of sp³-hybridized carbons (Fsp3) is 0.100. The fourth-order valence-electron chi connectivity index (χ4n) is 1.15. The first-order chi connectivity index (χ1) is 7.70. The highest BCUT2D eigenvalue weighted by Crippen LogP contribution is 2.36. The molecule has 0 unspecified atom stereocenters. The number of nitrogens with zero attached hydrogens (tertiary/aromatic N) is 1. The molecule has 16 heavy (non-hydrogen) atoms. The van der Waals surface area contributed by atoms with Gasteiger partial charge in [0.25, 0.3) is 0 Å². The Morgan fingerprint density at radius 2 is 2.31 bits per heavy atom. The molecule has 0 aliphatic carbocycles. The molecule has 1 aromatic heterocycles. The van der Waals surface area contributed by atoms with E-state index in [4.69, 9.17) is 10.5 Å². The molecule has 0 saturated carbocycles. The van der Waals surface area contributed by atoms with Crippen molar-refractivity contribution >= 4 is 28.8 Å². The average Bonchev–Trinajstić information content (AvgIpc) is 2.75. The molecule has 6 heteroatoms. The summed E-state index contributed by atoms with van der Waals surface area (Å²) >= 11 is 2.90. The molecule has 0 atom stereocenters. The van der Waals surface area contributed by atoms with E-state index in [0.29, 0.717) is 5.69 Å². The number of hydrogen-bond donors (Lipinski definition) is 1. The number of thiazole rings is 1. The molecule has 84 valence electrons. The third-order valence-corrected chi connectivity index (χ3v) is 3.85. The summed E-state index contributed by atoms with van der Waals surface area (Å²) in [5, 5.41) is 1.87. The van der Waals surface area contributed by atoms with Gasteiger partial charge in [0.2, 0.25) is 0 Å². The second-order valence-corrected chi connectivity index (χ2v) is 5.11. The van der Waals surface area contributed by atoms with E-state index in [9.17, 15) is 4.39 Å². The summed E-state index contributed by atoms with van der Waals surface area (Å²) in [4.78, 5) is 4.87. The molecular weight excluding hydrogens is 247 g/mol. The van der Waals surface area contributed by atoms with Crippen LogP contribution >= 0.6 is 23.1 Å². The van der Waals surface area contributed by atoms with Crippen LogP contribution in [0.5, 0.6) is 5.75 Å². The molecule has 0 aliphatic rings. The van der Waals surface area contributed by atoms with Crippen molar-refractivity contribution in [2.75, 3.05) is 12.8 Å². The quantitative estimate of drug-likeness (QED) is 0.857. The molecule has 3 nitrogen and oxygen atoms in total. The summed E-state index contributed by atoms with van der Waals surface area (Å²) in [6, 6.07) is 2.84. The molecule has 2 N–H and O–H groups in total. The summed E-state index contributed by atoms with van der Waals surface area (Å²) in [5.74, 6) is -0.267. The SMILES string of the molecule is COc1cc(Sc2nccs2)c(N)cc1F. The largest absolute Gasteiger partial charge is 0.494 e. The van der Waals surface area contributed by atoms with Crippen LogP contribution in [0.15, 0.2) is 32.9 Å². The number of halogens is 1. The zero-order chi connectivity index (χ0) is 11.5. The Bertz CT molecular complexity index is 488. The van der Waals surface area contributed by atoms with Crippen molar-refractivity contribution in [2.45, 2.75) is 9.24 Å². The van der Waals surface area contributed by atoms with Crippen LogP contribution in [0, 0.1) is 5.82 Å².